The van der Waals surface area contributed by atoms with Crippen molar-refractivity contribution in [1.29, 1.82) is 0 Å². The van der Waals surface area contributed by atoms with Crippen LogP contribution in [0.2, 0.25) is 0 Å². The topological polar surface area (TPSA) is 67.8 Å². The van der Waals surface area contributed by atoms with Gasteiger partial charge in [0.2, 0.25) is 0 Å². The third-order valence-electron chi connectivity index (χ3n) is 4.96. The molecule has 3 rings (SSSR count). The first-order valence-corrected chi connectivity index (χ1v) is 11.3. The molecule has 0 saturated heterocycles. The molecule has 0 amide bonds. The zero-order valence-corrected chi connectivity index (χ0v) is 18.5. The highest BCUT2D eigenvalue weighted by Crippen LogP contribution is 2.30. The molecule has 2 N–H and O–H groups in total. The van der Waals surface area contributed by atoms with E-state index in [4.69, 9.17) is 14.5 Å². The van der Waals surface area contributed by atoms with Crippen LogP contribution in [-0.4, -0.2) is 37.2 Å². The molecule has 6 nitrogen and oxygen atoms in total. The third-order valence-corrected chi connectivity index (χ3v) is 5.78. The predicted molar refractivity (Wildman–Crippen MR) is 119 cm³/mol. The molecular weight excluding hydrogens is 384 g/mol. The Morgan fingerprint density at radius 1 is 1.28 bits per heavy atom. The number of hydrogen-bond donors (Lipinski definition) is 2. The van der Waals surface area contributed by atoms with Crippen molar-refractivity contribution in [3.05, 3.63) is 39.8 Å². The monoisotopic (exact) mass is 416 g/mol. The molecule has 1 heterocycles. The van der Waals surface area contributed by atoms with E-state index >= 15 is 0 Å². The zero-order chi connectivity index (χ0) is 20.5. The summed E-state index contributed by atoms with van der Waals surface area (Å²) in [5.74, 6) is 2.50. The Labute approximate surface area is 177 Å². The molecule has 0 aliphatic heterocycles. The molecule has 158 valence electrons. The number of nitrogens with one attached hydrogen (secondary N) is 2. The molecule has 0 atom stereocenters. The van der Waals surface area contributed by atoms with E-state index in [1.807, 2.05) is 25.1 Å². The smallest absolute Gasteiger partial charge is 0.191 e. The molecule has 1 saturated carbocycles. The lowest BCUT2D eigenvalue weighted by atomic mass is 10.2. The minimum Gasteiger partial charge on any atom is -0.497 e. The Morgan fingerprint density at radius 3 is 2.79 bits per heavy atom. The maximum Gasteiger partial charge on any atom is 0.191 e. The van der Waals surface area contributed by atoms with Gasteiger partial charge in [0.25, 0.3) is 0 Å². The van der Waals surface area contributed by atoms with Gasteiger partial charge in [-0.2, -0.15) is 0 Å². The maximum absolute atomic E-state index is 6.29. The Hall–Kier alpha value is -2.28. The van der Waals surface area contributed by atoms with Crippen LogP contribution < -0.4 is 20.1 Å². The number of hydrogen-bond acceptors (Lipinski definition) is 5. The number of methoxy groups -OCH3 is 1. The van der Waals surface area contributed by atoms with Gasteiger partial charge in [0, 0.05) is 36.5 Å². The third kappa shape index (κ3) is 6.63. The second-order valence-electron chi connectivity index (χ2n) is 7.23. The molecule has 0 spiro atoms. The summed E-state index contributed by atoms with van der Waals surface area (Å²) < 4.78 is 11.7. The van der Waals surface area contributed by atoms with Crippen molar-refractivity contribution >= 4 is 17.3 Å². The first-order chi connectivity index (χ1) is 14.2. The standard InChI is InChI=1S/C22H32N4O2S/c1-4-23-22(24-12-11-18-15-29-16(2)26-18)25-14-17-9-10-20(27-3)13-21(17)28-19-7-5-6-8-19/h9-10,13,15,19H,4-8,11-12,14H2,1-3H3,(H2,23,24,25). The number of guanidine groups is 1. The molecule has 1 fully saturated rings. The number of rotatable bonds is 9. The van der Waals surface area contributed by atoms with Crippen LogP contribution in [0, 0.1) is 6.92 Å². The van der Waals surface area contributed by atoms with Crippen LogP contribution in [0.25, 0.3) is 0 Å². The largest absolute Gasteiger partial charge is 0.497 e. The van der Waals surface area contributed by atoms with Crippen LogP contribution in [0.3, 0.4) is 0 Å². The van der Waals surface area contributed by atoms with Crippen LogP contribution >= 0.6 is 11.3 Å². The highest BCUT2D eigenvalue weighted by atomic mass is 32.1. The van der Waals surface area contributed by atoms with E-state index in [0.717, 1.165) is 66.1 Å². The SMILES string of the molecule is CCNC(=NCc1ccc(OC)cc1OC1CCCC1)NCCc1csc(C)n1. The number of nitrogens with zero attached hydrogens (tertiary/aromatic N) is 2. The van der Waals surface area contributed by atoms with Crippen LogP contribution in [0.1, 0.15) is 48.9 Å². The Morgan fingerprint density at radius 2 is 2.10 bits per heavy atom. The first-order valence-electron chi connectivity index (χ1n) is 10.4. The van der Waals surface area contributed by atoms with Gasteiger partial charge in [-0.1, -0.05) is 0 Å². The average molecular weight is 417 g/mol. The Kier molecular flexibility index (Phi) is 8.16. The van der Waals surface area contributed by atoms with E-state index in [2.05, 4.69) is 27.9 Å². The number of aryl methyl sites for hydroxylation is 1. The molecule has 1 aliphatic carbocycles. The van der Waals surface area contributed by atoms with Crippen molar-refractivity contribution in [3.63, 3.8) is 0 Å². The lowest BCUT2D eigenvalue weighted by Gasteiger charge is -2.17. The summed E-state index contributed by atoms with van der Waals surface area (Å²) in [6.07, 6.45) is 5.93. The van der Waals surface area contributed by atoms with Gasteiger partial charge < -0.3 is 20.1 Å². The van der Waals surface area contributed by atoms with Gasteiger partial charge in [-0.15, -0.1) is 11.3 Å². The Balaban J connectivity index is 1.63. The van der Waals surface area contributed by atoms with Crippen LogP contribution in [0.15, 0.2) is 28.6 Å². The molecule has 0 bridgehead atoms. The number of aliphatic imine (C=N–C) groups is 1. The minimum atomic E-state index is 0.303. The molecular formula is C22H32N4O2S. The number of benzene rings is 1. The molecule has 1 aliphatic rings. The van der Waals surface area contributed by atoms with E-state index in [0.29, 0.717) is 12.6 Å². The first kappa shape index (κ1) is 21.4. The van der Waals surface area contributed by atoms with Crippen molar-refractivity contribution in [3.8, 4) is 11.5 Å². The fourth-order valence-corrected chi connectivity index (χ4v) is 4.07. The fourth-order valence-electron chi connectivity index (χ4n) is 3.43. The van der Waals surface area contributed by atoms with Gasteiger partial charge >= 0.3 is 0 Å². The van der Waals surface area contributed by atoms with Crippen molar-refractivity contribution in [2.45, 2.75) is 58.6 Å². The lowest BCUT2D eigenvalue weighted by Crippen LogP contribution is -2.38. The molecule has 7 heteroatoms. The molecule has 1 aromatic carbocycles. The molecule has 2 aromatic rings. The van der Waals surface area contributed by atoms with Gasteiger partial charge in [0.05, 0.1) is 30.5 Å². The normalized spacial score (nSPS) is 14.8. The van der Waals surface area contributed by atoms with Crippen molar-refractivity contribution in [1.82, 2.24) is 15.6 Å². The summed E-state index contributed by atoms with van der Waals surface area (Å²) in [6.45, 7) is 6.27. The van der Waals surface area contributed by atoms with Crippen LogP contribution in [0.5, 0.6) is 11.5 Å². The predicted octanol–water partition coefficient (Wildman–Crippen LogP) is 4.08. The maximum atomic E-state index is 6.29. The van der Waals surface area contributed by atoms with Gasteiger partial charge in [0.1, 0.15) is 11.5 Å². The van der Waals surface area contributed by atoms with Gasteiger partial charge in [-0.3, -0.25) is 0 Å². The quantitative estimate of drug-likeness (QED) is 0.476. The van der Waals surface area contributed by atoms with Gasteiger partial charge in [-0.05, 0) is 51.7 Å². The average Bonchev–Trinajstić information content (AvgIpc) is 3.38. The minimum absolute atomic E-state index is 0.303. The van der Waals surface area contributed by atoms with Crippen molar-refractivity contribution < 1.29 is 9.47 Å². The molecule has 0 radical (unpaired) electrons. The van der Waals surface area contributed by atoms with E-state index in [-0.39, 0.29) is 0 Å². The summed E-state index contributed by atoms with van der Waals surface area (Å²) in [7, 11) is 1.68. The lowest BCUT2D eigenvalue weighted by molar-refractivity contribution is 0.207. The highest BCUT2D eigenvalue weighted by molar-refractivity contribution is 7.09. The van der Waals surface area contributed by atoms with Crippen molar-refractivity contribution in [2.75, 3.05) is 20.2 Å². The number of aromatic nitrogens is 1. The van der Waals surface area contributed by atoms with E-state index in [9.17, 15) is 0 Å². The zero-order valence-electron chi connectivity index (χ0n) is 17.7. The van der Waals surface area contributed by atoms with Gasteiger partial charge in [-0.25, -0.2) is 9.98 Å². The summed E-state index contributed by atoms with van der Waals surface area (Å²) >= 11 is 1.69. The van der Waals surface area contributed by atoms with Crippen molar-refractivity contribution in [2.24, 2.45) is 4.99 Å². The van der Waals surface area contributed by atoms with E-state index in [1.165, 1.54) is 12.8 Å². The highest BCUT2D eigenvalue weighted by Gasteiger charge is 2.18. The summed E-state index contributed by atoms with van der Waals surface area (Å²) in [6, 6.07) is 6.00. The number of ether oxygens (including phenoxy) is 2. The van der Waals surface area contributed by atoms with Gasteiger partial charge in [0.15, 0.2) is 5.96 Å². The van der Waals surface area contributed by atoms with E-state index < -0.39 is 0 Å². The molecule has 1 aromatic heterocycles. The second-order valence-corrected chi connectivity index (χ2v) is 8.29. The van der Waals surface area contributed by atoms with E-state index in [1.54, 1.807) is 18.4 Å². The van der Waals surface area contributed by atoms with Crippen LogP contribution in [0.4, 0.5) is 0 Å². The molecule has 29 heavy (non-hydrogen) atoms. The summed E-state index contributed by atoms with van der Waals surface area (Å²) in [5, 5.41) is 9.94. The second kappa shape index (κ2) is 11.0. The number of thiazole rings is 1. The molecule has 0 unspecified atom stereocenters. The summed E-state index contributed by atoms with van der Waals surface area (Å²) in [5.41, 5.74) is 2.20. The van der Waals surface area contributed by atoms with Crippen LogP contribution in [-0.2, 0) is 13.0 Å². The fraction of sp³-hybridized carbons (Fsp3) is 0.545. The summed E-state index contributed by atoms with van der Waals surface area (Å²) in [4.78, 5) is 9.28. The Bertz CT molecular complexity index is 800.